The second-order valence-corrected chi connectivity index (χ2v) is 4.95. The third kappa shape index (κ3) is 2.52. The number of amides is 3. The molecule has 21 heavy (non-hydrogen) atoms. The van der Waals surface area contributed by atoms with Crippen LogP contribution in [0.25, 0.3) is 0 Å². The molecule has 0 unspecified atom stereocenters. The van der Waals surface area contributed by atoms with Crippen LogP contribution >= 0.6 is 0 Å². The number of nitrogens with zero attached hydrogens (tertiary/aromatic N) is 3. The molecule has 1 aromatic heterocycles. The number of carbonyl (C=O) groups is 2. The lowest BCUT2D eigenvalue weighted by atomic mass is 10.1. The molecule has 6 heteroatoms. The molecule has 1 saturated heterocycles. The van der Waals surface area contributed by atoms with E-state index in [0.717, 1.165) is 16.9 Å². The standard InChI is InChI=1S/C15H15N3O3/c1-11-13(10-21-16-11)18-14(19)9-17(15(18)20)8-7-12-5-3-2-4-6-12/h2-6,10H,7-9H2,1H3. The van der Waals surface area contributed by atoms with Gasteiger partial charge in [-0.25, -0.2) is 9.69 Å². The summed E-state index contributed by atoms with van der Waals surface area (Å²) in [6.45, 7) is 2.30. The second-order valence-electron chi connectivity index (χ2n) is 4.95. The molecule has 1 aliphatic rings. The van der Waals surface area contributed by atoms with Crippen molar-refractivity contribution in [2.75, 3.05) is 18.0 Å². The van der Waals surface area contributed by atoms with Gasteiger partial charge < -0.3 is 9.42 Å². The van der Waals surface area contributed by atoms with Gasteiger partial charge in [-0.2, -0.15) is 0 Å². The van der Waals surface area contributed by atoms with Gasteiger partial charge in [0, 0.05) is 6.54 Å². The molecule has 0 N–H and O–H groups in total. The van der Waals surface area contributed by atoms with E-state index in [1.165, 1.54) is 6.26 Å². The Hall–Kier alpha value is -2.63. The first-order valence-electron chi connectivity index (χ1n) is 6.73. The van der Waals surface area contributed by atoms with Gasteiger partial charge in [0.15, 0.2) is 0 Å². The summed E-state index contributed by atoms with van der Waals surface area (Å²) in [4.78, 5) is 27.1. The molecule has 1 aliphatic heterocycles. The molecule has 0 atom stereocenters. The van der Waals surface area contributed by atoms with Gasteiger partial charge in [-0.3, -0.25) is 4.79 Å². The number of aromatic nitrogens is 1. The van der Waals surface area contributed by atoms with E-state index in [9.17, 15) is 9.59 Å². The van der Waals surface area contributed by atoms with Gasteiger partial charge in [0.2, 0.25) is 0 Å². The van der Waals surface area contributed by atoms with Crippen molar-refractivity contribution in [2.45, 2.75) is 13.3 Å². The van der Waals surface area contributed by atoms with Gasteiger partial charge in [0.05, 0.1) is 0 Å². The number of imide groups is 1. The molecule has 2 aromatic rings. The first kappa shape index (κ1) is 13.4. The van der Waals surface area contributed by atoms with Gasteiger partial charge in [-0.15, -0.1) is 0 Å². The normalized spacial score (nSPS) is 15.1. The number of anilines is 1. The van der Waals surface area contributed by atoms with Gasteiger partial charge in [0.25, 0.3) is 5.91 Å². The zero-order valence-electron chi connectivity index (χ0n) is 11.7. The number of aryl methyl sites for hydroxylation is 1. The van der Waals surface area contributed by atoms with Gasteiger partial charge in [-0.1, -0.05) is 35.5 Å². The molecule has 0 aliphatic carbocycles. The van der Waals surface area contributed by atoms with Crippen molar-refractivity contribution < 1.29 is 14.1 Å². The predicted molar refractivity (Wildman–Crippen MR) is 75.8 cm³/mol. The summed E-state index contributed by atoms with van der Waals surface area (Å²) in [7, 11) is 0. The summed E-state index contributed by atoms with van der Waals surface area (Å²) in [6, 6.07) is 9.55. The van der Waals surface area contributed by atoms with E-state index in [1.54, 1.807) is 11.8 Å². The number of hydrogen-bond acceptors (Lipinski definition) is 4. The lowest BCUT2D eigenvalue weighted by Gasteiger charge is -2.16. The average Bonchev–Trinajstić information content (AvgIpc) is 3.01. The van der Waals surface area contributed by atoms with E-state index < -0.39 is 0 Å². The average molecular weight is 285 g/mol. The Kier molecular flexibility index (Phi) is 3.43. The van der Waals surface area contributed by atoms with Gasteiger partial charge in [0.1, 0.15) is 24.2 Å². The molecule has 6 nitrogen and oxygen atoms in total. The van der Waals surface area contributed by atoms with Crippen LogP contribution in [-0.4, -0.2) is 35.1 Å². The largest absolute Gasteiger partial charge is 0.362 e. The van der Waals surface area contributed by atoms with Crippen molar-refractivity contribution in [1.29, 1.82) is 0 Å². The number of carbonyl (C=O) groups excluding carboxylic acids is 2. The van der Waals surface area contributed by atoms with E-state index >= 15 is 0 Å². The number of urea groups is 1. The summed E-state index contributed by atoms with van der Waals surface area (Å²) in [6.07, 6.45) is 2.04. The molecule has 0 spiro atoms. The Labute approximate surface area is 121 Å². The van der Waals surface area contributed by atoms with Crippen molar-refractivity contribution in [1.82, 2.24) is 10.1 Å². The summed E-state index contributed by atoms with van der Waals surface area (Å²) < 4.78 is 4.80. The van der Waals surface area contributed by atoms with Crippen molar-refractivity contribution >= 4 is 17.6 Å². The van der Waals surface area contributed by atoms with Crippen LogP contribution in [0.1, 0.15) is 11.3 Å². The molecule has 3 amide bonds. The number of hydrogen-bond donors (Lipinski definition) is 0. The molecule has 0 saturated carbocycles. The molecular formula is C15H15N3O3. The topological polar surface area (TPSA) is 66.7 Å². The molecule has 0 radical (unpaired) electrons. The van der Waals surface area contributed by atoms with Crippen molar-refractivity contribution in [2.24, 2.45) is 0 Å². The summed E-state index contributed by atoms with van der Waals surface area (Å²) in [5, 5.41) is 3.71. The summed E-state index contributed by atoms with van der Waals surface area (Å²) in [5.74, 6) is -0.251. The minimum atomic E-state index is -0.317. The van der Waals surface area contributed by atoms with Crippen LogP contribution in [-0.2, 0) is 11.2 Å². The van der Waals surface area contributed by atoms with Crippen molar-refractivity contribution in [3.05, 3.63) is 47.9 Å². The Bertz CT molecular complexity index is 666. The SMILES string of the molecule is Cc1nocc1N1C(=O)CN(CCc2ccccc2)C1=O. The zero-order valence-corrected chi connectivity index (χ0v) is 11.7. The van der Waals surface area contributed by atoms with Crippen LogP contribution in [0.3, 0.4) is 0 Å². The van der Waals surface area contributed by atoms with E-state index in [4.69, 9.17) is 4.52 Å². The van der Waals surface area contributed by atoms with Crippen LogP contribution in [0.4, 0.5) is 10.5 Å². The Morgan fingerprint density at radius 3 is 2.67 bits per heavy atom. The van der Waals surface area contributed by atoms with Crippen LogP contribution in [0, 0.1) is 6.92 Å². The van der Waals surface area contributed by atoms with Crippen molar-refractivity contribution in [3.63, 3.8) is 0 Å². The molecule has 2 heterocycles. The van der Waals surface area contributed by atoms with Crippen LogP contribution in [0.2, 0.25) is 0 Å². The summed E-state index contributed by atoms with van der Waals surface area (Å²) in [5.41, 5.74) is 2.09. The fourth-order valence-corrected chi connectivity index (χ4v) is 2.37. The number of benzene rings is 1. The fourth-order valence-electron chi connectivity index (χ4n) is 2.37. The van der Waals surface area contributed by atoms with E-state index in [-0.39, 0.29) is 18.5 Å². The first-order valence-corrected chi connectivity index (χ1v) is 6.73. The molecule has 0 bridgehead atoms. The highest BCUT2D eigenvalue weighted by Gasteiger charge is 2.38. The van der Waals surface area contributed by atoms with Crippen LogP contribution < -0.4 is 4.90 Å². The monoisotopic (exact) mass is 285 g/mol. The lowest BCUT2D eigenvalue weighted by molar-refractivity contribution is -0.116. The highest BCUT2D eigenvalue weighted by atomic mass is 16.5. The molecular weight excluding hydrogens is 270 g/mol. The lowest BCUT2D eigenvalue weighted by Crippen LogP contribution is -2.34. The predicted octanol–water partition coefficient (Wildman–Crippen LogP) is 1.99. The van der Waals surface area contributed by atoms with E-state index in [2.05, 4.69) is 5.16 Å². The quantitative estimate of drug-likeness (QED) is 0.806. The molecule has 108 valence electrons. The van der Waals surface area contributed by atoms with Crippen molar-refractivity contribution in [3.8, 4) is 0 Å². The third-order valence-electron chi connectivity index (χ3n) is 3.52. The highest BCUT2D eigenvalue weighted by Crippen LogP contribution is 2.24. The minimum Gasteiger partial charge on any atom is -0.362 e. The van der Waals surface area contributed by atoms with Crippen LogP contribution in [0.5, 0.6) is 0 Å². The molecule has 3 rings (SSSR count). The smallest absolute Gasteiger partial charge is 0.332 e. The maximum absolute atomic E-state index is 12.3. The molecule has 1 aromatic carbocycles. The fraction of sp³-hybridized carbons (Fsp3) is 0.267. The number of rotatable bonds is 4. The van der Waals surface area contributed by atoms with E-state index in [0.29, 0.717) is 17.9 Å². The van der Waals surface area contributed by atoms with E-state index in [1.807, 2.05) is 30.3 Å². The van der Waals surface area contributed by atoms with Gasteiger partial charge >= 0.3 is 6.03 Å². The summed E-state index contributed by atoms with van der Waals surface area (Å²) >= 11 is 0. The molecule has 1 fully saturated rings. The minimum absolute atomic E-state index is 0.0935. The van der Waals surface area contributed by atoms with Gasteiger partial charge in [-0.05, 0) is 18.9 Å². The second kappa shape index (κ2) is 5.40. The Morgan fingerprint density at radius 2 is 2.00 bits per heavy atom. The Morgan fingerprint density at radius 1 is 1.24 bits per heavy atom. The Balaban J connectivity index is 1.71. The van der Waals surface area contributed by atoms with Crippen LogP contribution in [0.15, 0.2) is 41.1 Å². The third-order valence-corrected chi connectivity index (χ3v) is 3.52. The maximum Gasteiger partial charge on any atom is 0.332 e. The zero-order chi connectivity index (χ0) is 14.8. The first-order chi connectivity index (χ1) is 10.2. The highest BCUT2D eigenvalue weighted by molar-refractivity contribution is 6.19. The maximum atomic E-state index is 12.3.